The molecule has 0 spiro atoms. The Balaban J connectivity index is 1.83. The van der Waals surface area contributed by atoms with Gasteiger partial charge < -0.3 is 10.1 Å². The fraction of sp³-hybridized carbons (Fsp3) is 0.538. The maximum atomic E-state index is 13.4. The summed E-state index contributed by atoms with van der Waals surface area (Å²) in [5.74, 6) is 0.339. The maximum Gasteiger partial charge on any atom is 0.267 e. The van der Waals surface area contributed by atoms with Crippen LogP contribution in [0.4, 0.5) is 5.82 Å². The van der Waals surface area contributed by atoms with Crippen LogP contribution in [0.1, 0.15) is 69.9 Å². The van der Waals surface area contributed by atoms with Crippen LogP contribution < -0.4 is 10.9 Å². The third-order valence-corrected chi connectivity index (χ3v) is 7.31. The Morgan fingerprint density at radius 3 is 2.69 bits per heavy atom. The quantitative estimate of drug-likeness (QED) is 0.205. The number of hydrogen-bond acceptors (Lipinski definition) is 7. The number of thioether (sulfide) groups is 1. The molecule has 2 aromatic rings. The Morgan fingerprint density at radius 1 is 1.14 bits per heavy atom. The molecule has 0 bridgehead atoms. The zero-order valence-corrected chi connectivity index (χ0v) is 22.6. The Labute approximate surface area is 217 Å². The van der Waals surface area contributed by atoms with Crippen LogP contribution in [0.3, 0.4) is 0 Å². The van der Waals surface area contributed by atoms with Gasteiger partial charge in [0.05, 0.1) is 10.5 Å². The number of aryl methyl sites for hydroxylation is 1. The molecular formula is C26H36N4O3S2. The summed E-state index contributed by atoms with van der Waals surface area (Å²) in [6.45, 7) is 8.60. The molecule has 190 valence electrons. The van der Waals surface area contributed by atoms with E-state index in [1.165, 1.54) is 41.8 Å². The van der Waals surface area contributed by atoms with Gasteiger partial charge in [-0.05, 0) is 44.4 Å². The molecule has 0 unspecified atom stereocenters. The number of ether oxygens (including phenoxy) is 1. The van der Waals surface area contributed by atoms with Crippen molar-refractivity contribution >= 4 is 51.7 Å². The summed E-state index contributed by atoms with van der Waals surface area (Å²) >= 11 is 6.75. The summed E-state index contributed by atoms with van der Waals surface area (Å²) in [7, 11) is 0. The Morgan fingerprint density at radius 2 is 1.91 bits per heavy atom. The van der Waals surface area contributed by atoms with E-state index >= 15 is 0 Å². The Hall–Kier alpha value is -2.23. The molecule has 1 aliphatic heterocycles. The Bertz CT molecular complexity index is 1130. The molecule has 2 aromatic heterocycles. The summed E-state index contributed by atoms with van der Waals surface area (Å²) in [5, 5.41) is 3.29. The predicted molar refractivity (Wildman–Crippen MR) is 149 cm³/mol. The first-order valence-electron chi connectivity index (χ1n) is 12.6. The fourth-order valence-corrected chi connectivity index (χ4v) is 5.27. The number of hydrogen-bond donors (Lipinski definition) is 1. The lowest BCUT2D eigenvalue weighted by molar-refractivity contribution is -0.122. The SMILES string of the molecule is CCCCCCCCN1C(=O)/C(=C\c2c(NCCCOCC)nc3c(C)cccn3c2=O)SC1=S. The van der Waals surface area contributed by atoms with Gasteiger partial charge in [0.2, 0.25) is 0 Å². The highest BCUT2D eigenvalue weighted by atomic mass is 32.2. The minimum absolute atomic E-state index is 0.135. The summed E-state index contributed by atoms with van der Waals surface area (Å²) in [5.41, 5.74) is 1.65. The first-order valence-corrected chi connectivity index (χ1v) is 13.8. The number of carbonyl (C=O) groups excluding carboxylic acids is 1. The van der Waals surface area contributed by atoms with Gasteiger partial charge in [-0.3, -0.25) is 18.9 Å². The number of rotatable bonds is 14. The van der Waals surface area contributed by atoms with Crippen molar-refractivity contribution < 1.29 is 9.53 Å². The van der Waals surface area contributed by atoms with E-state index in [1.807, 2.05) is 26.0 Å². The molecule has 1 saturated heterocycles. The van der Waals surface area contributed by atoms with Gasteiger partial charge in [0.1, 0.15) is 15.8 Å². The third-order valence-electron chi connectivity index (χ3n) is 5.93. The van der Waals surface area contributed by atoms with Gasteiger partial charge in [-0.1, -0.05) is 69.1 Å². The van der Waals surface area contributed by atoms with Gasteiger partial charge in [-0.15, -0.1) is 0 Å². The molecule has 3 heterocycles. The maximum absolute atomic E-state index is 13.4. The second-order valence-corrected chi connectivity index (χ2v) is 10.3. The fourth-order valence-electron chi connectivity index (χ4n) is 3.98. The van der Waals surface area contributed by atoms with E-state index < -0.39 is 0 Å². The molecule has 0 aliphatic carbocycles. The number of thiocarbonyl (C=S) groups is 1. The first kappa shape index (κ1) is 27.4. The smallest absolute Gasteiger partial charge is 0.267 e. The van der Waals surface area contributed by atoms with Crippen molar-refractivity contribution in [1.29, 1.82) is 0 Å². The van der Waals surface area contributed by atoms with Gasteiger partial charge in [-0.25, -0.2) is 4.98 Å². The van der Waals surface area contributed by atoms with Crippen LogP contribution in [0, 0.1) is 6.92 Å². The van der Waals surface area contributed by atoms with Crippen LogP contribution in [0.5, 0.6) is 0 Å². The van der Waals surface area contributed by atoms with Crippen molar-refractivity contribution in [1.82, 2.24) is 14.3 Å². The minimum Gasteiger partial charge on any atom is -0.382 e. The zero-order valence-electron chi connectivity index (χ0n) is 21.0. The van der Waals surface area contributed by atoms with Gasteiger partial charge in [0, 0.05) is 32.5 Å². The molecular weight excluding hydrogens is 480 g/mol. The molecule has 0 aromatic carbocycles. The van der Waals surface area contributed by atoms with Crippen molar-refractivity contribution in [2.75, 3.05) is 31.6 Å². The van der Waals surface area contributed by atoms with Gasteiger partial charge in [0.25, 0.3) is 11.5 Å². The molecule has 7 nitrogen and oxygen atoms in total. The molecule has 1 fully saturated rings. The molecule has 1 N–H and O–H groups in total. The third kappa shape index (κ3) is 7.15. The van der Waals surface area contributed by atoms with Crippen molar-refractivity contribution in [3.8, 4) is 0 Å². The lowest BCUT2D eigenvalue weighted by atomic mass is 10.1. The second kappa shape index (κ2) is 13.8. The van der Waals surface area contributed by atoms with Crippen LogP contribution in [-0.2, 0) is 9.53 Å². The number of anilines is 1. The predicted octanol–water partition coefficient (Wildman–Crippen LogP) is 5.40. The highest BCUT2D eigenvalue weighted by Gasteiger charge is 2.32. The molecule has 1 amide bonds. The number of unbranched alkanes of at least 4 members (excludes halogenated alkanes) is 5. The monoisotopic (exact) mass is 516 g/mol. The van der Waals surface area contributed by atoms with E-state index in [2.05, 4.69) is 12.2 Å². The van der Waals surface area contributed by atoms with Crippen molar-refractivity contribution in [2.45, 2.75) is 65.7 Å². The van der Waals surface area contributed by atoms with Gasteiger partial charge >= 0.3 is 0 Å². The number of pyridine rings is 1. The molecule has 1 aliphatic rings. The summed E-state index contributed by atoms with van der Waals surface area (Å²) in [6, 6.07) is 3.75. The Kier molecular flexibility index (Phi) is 10.7. The van der Waals surface area contributed by atoms with Gasteiger partial charge in [-0.2, -0.15) is 0 Å². The van der Waals surface area contributed by atoms with Crippen LogP contribution in [0.25, 0.3) is 11.7 Å². The first-order chi connectivity index (χ1) is 17.0. The average Bonchev–Trinajstić information content (AvgIpc) is 3.11. The number of aromatic nitrogens is 2. The van der Waals surface area contributed by atoms with E-state index in [-0.39, 0.29) is 11.5 Å². The van der Waals surface area contributed by atoms with Crippen molar-refractivity contribution in [2.24, 2.45) is 0 Å². The molecule has 9 heteroatoms. The second-order valence-electron chi connectivity index (χ2n) is 8.64. The average molecular weight is 517 g/mol. The van der Waals surface area contributed by atoms with Crippen LogP contribution in [0.2, 0.25) is 0 Å². The minimum atomic E-state index is -0.216. The number of amides is 1. The van der Waals surface area contributed by atoms with Crippen molar-refractivity contribution in [3.63, 3.8) is 0 Å². The highest BCUT2D eigenvalue weighted by Crippen LogP contribution is 2.33. The van der Waals surface area contributed by atoms with Crippen LogP contribution >= 0.6 is 24.0 Å². The number of fused-ring (bicyclic) bond motifs is 1. The molecule has 35 heavy (non-hydrogen) atoms. The lowest BCUT2D eigenvalue weighted by Gasteiger charge is -2.14. The molecule has 0 saturated carbocycles. The van der Waals surface area contributed by atoms with E-state index in [0.717, 1.165) is 24.8 Å². The molecule has 3 rings (SSSR count). The summed E-state index contributed by atoms with van der Waals surface area (Å²) in [4.78, 5) is 33.4. The van der Waals surface area contributed by atoms with Crippen molar-refractivity contribution in [3.05, 3.63) is 44.7 Å². The highest BCUT2D eigenvalue weighted by molar-refractivity contribution is 8.26. The number of nitrogens with zero attached hydrogens (tertiary/aromatic N) is 3. The van der Waals surface area contributed by atoms with E-state index in [9.17, 15) is 9.59 Å². The number of carbonyl (C=O) groups is 1. The molecule has 0 radical (unpaired) electrons. The van der Waals surface area contributed by atoms with Crippen LogP contribution in [0.15, 0.2) is 28.0 Å². The van der Waals surface area contributed by atoms with E-state index in [1.54, 1.807) is 17.2 Å². The molecule has 0 atom stereocenters. The van der Waals surface area contributed by atoms with E-state index in [4.69, 9.17) is 21.9 Å². The number of nitrogens with one attached hydrogen (secondary N) is 1. The normalized spacial score (nSPS) is 15.1. The van der Waals surface area contributed by atoms with Gasteiger partial charge in [0.15, 0.2) is 0 Å². The zero-order chi connectivity index (χ0) is 25.2. The van der Waals surface area contributed by atoms with Crippen LogP contribution in [-0.4, -0.2) is 50.8 Å². The standard InChI is InChI=1S/C26H36N4O3S2/c1-4-6-7-8-9-10-15-30-25(32)21(35-26(30)34)18-20-22(27-14-12-17-33-5-2)28-23-19(3)13-11-16-29(23)24(20)31/h11,13,16,18,27H,4-10,12,14-15,17H2,1-3H3/b21-18+. The summed E-state index contributed by atoms with van der Waals surface area (Å²) in [6.07, 6.45) is 11.0. The van der Waals surface area contributed by atoms with E-state index in [0.29, 0.717) is 52.6 Å². The lowest BCUT2D eigenvalue weighted by Crippen LogP contribution is -2.29. The topological polar surface area (TPSA) is 75.9 Å². The summed E-state index contributed by atoms with van der Waals surface area (Å²) < 4.78 is 7.49. The largest absolute Gasteiger partial charge is 0.382 e.